The summed E-state index contributed by atoms with van der Waals surface area (Å²) in [5.41, 5.74) is 7.08. The van der Waals surface area contributed by atoms with Gasteiger partial charge in [0.2, 0.25) is 5.88 Å². The smallest absolute Gasteiger partial charge is 0.250 e. The van der Waals surface area contributed by atoms with Gasteiger partial charge in [0, 0.05) is 5.56 Å². The number of benzene rings is 2. The molecule has 0 aliphatic heterocycles. The molecule has 0 fully saturated rings. The molecule has 6 heteroatoms. The SMILES string of the molecule is NC(=O)c1cccc2c(OCCCl)nc(-c3ccccc3)nc12. The van der Waals surface area contributed by atoms with E-state index < -0.39 is 5.91 Å². The van der Waals surface area contributed by atoms with Gasteiger partial charge in [-0.25, -0.2) is 4.98 Å². The Morgan fingerprint density at radius 1 is 1.09 bits per heavy atom. The summed E-state index contributed by atoms with van der Waals surface area (Å²) >= 11 is 5.70. The summed E-state index contributed by atoms with van der Waals surface area (Å²) in [5, 5.41) is 0.631. The van der Waals surface area contributed by atoms with Crippen LogP contribution in [0.15, 0.2) is 48.5 Å². The van der Waals surface area contributed by atoms with E-state index in [1.54, 1.807) is 18.2 Å². The fourth-order valence-corrected chi connectivity index (χ4v) is 2.36. The molecule has 1 aromatic heterocycles. The van der Waals surface area contributed by atoms with Gasteiger partial charge in [-0.2, -0.15) is 4.98 Å². The van der Waals surface area contributed by atoms with Gasteiger partial charge in [0.15, 0.2) is 5.82 Å². The Hall–Kier alpha value is -2.66. The van der Waals surface area contributed by atoms with Gasteiger partial charge in [-0.3, -0.25) is 4.79 Å². The van der Waals surface area contributed by atoms with Crippen LogP contribution >= 0.6 is 11.6 Å². The maximum absolute atomic E-state index is 11.7. The van der Waals surface area contributed by atoms with Gasteiger partial charge in [-0.15, -0.1) is 11.6 Å². The Bertz CT molecular complexity index is 853. The maximum atomic E-state index is 11.7. The monoisotopic (exact) mass is 327 g/mol. The van der Waals surface area contributed by atoms with Crippen LogP contribution in [-0.4, -0.2) is 28.4 Å². The van der Waals surface area contributed by atoms with Gasteiger partial charge in [0.25, 0.3) is 5.91 Å². The van der Waals surface area contributed by atoms with Crippen LogP contribution in [0, 0.1) is 0 Å². The van der Waals surface area contributed by atoms with Crippen LogP contribution in [0.2, 0.25) is 0 Å². The number of halogens is 1. The second-order valence-corrected chi connectivity index (χ2v) is 5.20. The molecule has 1 heterocycles. The molecule has 1 amide bonds. The number of primary amides is 1. The predicted molar refractivity (Wildman–Crippen MR) is 89.7 cm³/mol. The van der Waals surface area contributed by atoms with Gasteiger partial charge in [0.05, 0.1) is 22.3 Å². The lowest BCUT2D eigenvalue weighted by atomic mass is 10.1. The van der Waals surface area contributed by atoms with Crippen molar-refractivity contribution in [2.45, 2.75) is 0 Å². The first kappa shape index (κ1) is 15.2. The molecule has 2 N–H and O–H groups in total. The molecule has 0 atom stereocenters. The lowest BCUT2D eigenvalue weighted by Gasteiger charge is -2.11. The van der Waals surface area contributed by atoms with Gasteiger partial charge in [0.1, 0.15) is 6.61 Å². The van der Waals surface area contributed by atoms with E-state index in [4.69, 9.17) is 22.1 Å². The maximum Gasteiger partial charge on any atom is 0.250 e. The van der Waals surface area contributed by atoms with Gasteiger partial charge in [-0.05, 0) is 12.1 Å². The first-order valence-electron chi connectivity index (χ1n) is 7.05. The molecule has 0 saturated heterocycles. The second-order valence-electron chi connectivity index (χ2n) is 4.82. The Morgan fingerprint density at radius 2 is 1.87 bits per heavy atom. The highest BCUT2D eigenvalue weighted by molar-refractivity contribution is 6.18. The summed E-state index contributed by atoms with van der Waals surface area (Å²) < 4.78 is 5.63. The molecular weight excluding hydrogens is 314 g/mol. The number of para-hydroxylation sites is 1. The zero-order chi connectivity index (χ0) is 16.2. The third-order valence-electron chi connectivity index (χ3n) is 3.30. The number of amides is 1. The summed E-state index contributed by atoms with van der Waals surface area (Å²) in [5.74, 6) is 0.646. The number of rotatable bonds is 5. The number of hydrogen-bond donors (Lipinski definition) is 1. The van der Waals surface area contributed by atoms with Gasteiger partial charge >= 0.3 is 0 Å². The average Bonchev–Trinajstić information content (AvgIpc) is 2.59. The van der Waals surface area contributed by atoms with Crippen molar-refractivity contribution >= 4 is 28.4 Å². The molecule has 0 unspecified atom stereocenters. The highest BCUT2D eigenvalue weighted by atomic mass is 35.5. The van der Waals surface area contributed by atoms with Crippen molar-refractivity contribution in [2.75, 3.05) is 12.5 Å². The van der Waals surface area contributed by atoms with E-state index in [9.17, 15) is 4.79 Å². The van der Waals surface area contributed by atoms with Gasteiger partial charge in [-0.1, -0.05) is 36.4 Å². The largest absolute Gasteiger partial charge is 0.476 e. The van der Waals surface area contributed by atoms with Crippen molar-refractivity contribution < 1.29 is 9.53 Å². The third kappa shape index (κ3) is 3.10. The zero-order valence-corrected chi connectivity index (χ0v) is 13.0. The Kier molecular flexibility index (Phi) is 4.39. The van der Waals surface area contributed by atoms with E-state index in [0.29, 0.717) is 40.7 Å². The van der Waals surface area contributed by atoms with Crippen LogP contribution in [0.3, 0.4) is 0 Å². The zero-order valence-electron chi connectivity index (χ0n) is 12.2. The number of fused-ring (bicyclic) bond motifs is 1. The molecule has 3 aromatic rings. The van der Waals surface area contributed by atoms with Crippen LogP contribution < -0.4 is 10.5 Å². The van der Waals surface area contributed by atoms with Crippen LogP contribution in [0.4, 0.5) is 0 Å². The van der Waals surface area contributed by atoms with E-state index in [1.165, 1.54) is 0 Å². The average molecular weight is 328 g/mol. The molecule has 116 valence electrons. The lowest BCUT2D eigenvalue weighted by molar-refractivity contribution is 0.100. The fraction of sp³-hybridized carbons (Fsp3) is 0.118. The minimum atomic E-state index is -0.545. The molecule has 0 spiro atoms. The predicted octanol–water partition coefficient (Wildman–Crippen LogP) is 3.01. The topological polar surface area (TPSA) is 78.1 Å². The van der Waals surface area contributed by atoms with Crippen molar-refractivity contribution in [3.05, 3.63) is 54.1 Å². The summed E-state index contributed by atoms with van der Waals surface area (Å²) in [4.78, 5) is 20.7. The number of carbonyl (C=O) groups is 1. The molecule has 3 rings (SSSR count). The number of aromatic nitrogens is 2. The van der Waals surface area contributed by atoms with E-state index >= 15 is 0 Å². The number of hydrogen-bond acceptors (Lipinski definition) is 4. The first-order chi connectivity index (χ1) is 11.2. The van der Waals surface area contributed by atoms with Crippen molar-refractivity contribution in [3.8, 4) is 17.3 Å². The molecule has 0 bridgehead atoms. The third-order valence-corrected chi connectivity index (χ3v) is 3.46. The molecule has 0 radical (unpaired) electrons. The summed E-state index contributed by atoms with van der Waals surface area (Å²) in [7, 11) is 0. The summed E-state index contributed by atoms with van der Waals surface area (Å²) in [6.45, 7) is 0.308. The molecule has 0 aliphatic rings. The molecule has 23 heavy (non-hydrogen) atoms. The lowest BCUT2D eigenvalue weighted by Crippen LogP contribution is -2.13. The highest BCUT2D eigenvalue weighted by Gasteiger charge is 2.15. The van der Waals surface area contributed by atoms with Crippen molar-refractivity contribution in [1.29, 1.82) is 0 Å². The number of carbonyl (C=O) groups excluding carboxylic acids is 1. The normalized spacial score (nSPS) is 10.7. The number of nitrogens with two attached hydrogens (primary N) is 1. The van der Waals surface area contributed by atoms with Crippen molar-refractivity contribution in [1.82, 2.24) is 9.97 Å². The fourth-order valence-electron chi connectivity index (χ4n) is 2.28. The van der Waals surface area contributed by atoms with E-state index in [2.05, 4.69) is 9.97 Å². The number of nitrogens with zero attached hydrogens (tertiary/aromatic N) is 2. The number of ether oxygens (including phenoxy) is 1. The van der Waals surface area contributed by atoms with E-state index in [1.807, 2.05) is 30.3 Å². The molecule has 5 nitrogen and oxygen atoms in total. The van der Waals surface area contributed by atoms with Crippen LogP contribution in [0.1, 0.15) is 10.4 Å². The highest BCUT2D eigenvalue weighted by Crippen LogP contribution is 2.28. The minimum absolute atomic E-state index is 0.308. The molecule has 2 aromatic carbocycles. The molecule has 0 saturated carbocycles. The van der Waals surface area contributed by atoms with Crippen molar-refractivity contribution in [2.24, 2.45) is 5.73 Å². The Balaban J connectivity index is 2.26. The van der Waals surface area contributed by atoms with Crippen LogP contribution in [-0.2, 0) is 0 Å². The minimum Gasteiger partial charge on any atom is -0.476 e. The van der Waals surface area contributed by atoms with Crippen molar-refractivity contribution in [3.63, 3.8) is 0 Å². The molecule has 0 aliphatic carbocycles. The standard InChI is InChI=1S/C17H14ClN3O2/c18-9-10-23-17-13-8-4-7-12(15(19)22)14(13)20-16(21-17)11-5-2-1-3-6-11/h1-8H,9-10H2,(H2,19,22). The Labute approximate surface area is 138 Å². The van der Waals surface area contributed by atoms with Crippen LogP contribution in [0.5, 0.6) is 5.88 Å². The van der Waals surface area contributed by atoms with Crippen LogP contribution in [0.25, 0.3) is 22.3 Å². The first-order valence-corrected chi connectivity index (χ1v) is 7.59. The molecular formula is C17H14ClN3O2. The Morgan fingerprint density at radius 3 is 2.57 bits per heavy atom. The summed E-state index contributed by atoms with van der Waals surface area (Å²) in [6, 6.07) is 14.6. The van der Waals surface area contributed by atoms with E-state index in [-0.39, 0.29) is 0 Å². The summed E-state index contributed by atoms with van der Waals surface area (Å²) in [6.07, 6.45) is 0. The quantitative estimate of drug-likeness (QED) is 0.731. The van der Waals surface area contributed by atoms with E-state index in [0.717, 1.165) is 5.56 Å². The van der Waals surface area contributed by atoms with Gasteiger partial charge < -0.3 is 10.5 Å². The number of alkyl halides is 1. The second kappa shape index (κ2) is 6.62.